The molecule has 17 heavy (non-hydrogen) atoms. The molecule has 1 aromatic rings. The Hall–Kier alpha value is -1.62. The first-order valence-electron chi connectivity index (χ1n) is 5.53. The van der Waals surface area contributed by atoms with Crippen LogP contribution in [0.25, 0.3) is 6.20 Å². The maximum atomic E-state index is 11.7. The first kappa shape index (κ1) is 13.4. The quantitative estimate of drug-likeness (QED) is 0.703. The fourth-order valence-electron chi connectivity index (χ4n) is 1.46. The van der Waals surface area contributed by atoms with Crippen molar-refractivity contribution in [2.45, 2.75) is 26.4 Å². The van der Waals surface area contributed by atoms with E-state index in [0.29, 0.717) is 24.4 Å². The Morgan fingerprint density at radius 2 is 2.24 bits per heavy atom. The first-order chi connectivity index (χ1) is 8.22. The second kappa shape index (κ2) is 6.85. The second-order valence-electron chi connectivity index (χ2n) is 3.60. The number of aryl methyl sites for hydroxylation is 1. The molecule has 0 amide bonds. The molecular weight excluding hydrogens is 220 g/mol. The molecule has 0 aliphatic heterocycles. The molecule has 0 aliphatic rings. The minimum Gasteiger partial charge on any atom is -0.503 e. The monoisotopic (exact) mass is 238 g/mol. The van der Waals surface area contributed by atoms with Crippen LogP contribution in [-0.4, -0.2) is 24.0 Å². The van der Waals surface area contributed by atoms with Crippen molar-refractivity contribution in [2.24, 2.45) is 0 Å². The zero-order valence-electron chi connectivity index (χ0n) is 10.5. The maximum Gasteiger partial charge on any atom is 0.203 e. The van der Waals surface area contributed by atoms with E-state index < -0.39 is 0 Å². The van der Waals surface area contributed by atoms with Crippen LogP contribution >= 0.6 is 0 Å². The Kier molecular flexibility index (Phi) is 5.42. The van der Waals surface area contributed by atoms with E-state index in [1.54, 1.807) is 31.2 Å². The third kappa shape index (κ3) is 3.71. The summed E-state index contributed by atoms with van der Waals surface area (Å²) in [7, 11) is 3.14. The van der Waals surface area contributed by atoms with E-state index in [-0.39, 0.29) is 5.43 Å². The lowest BCUT2D eigenvalue weighted by molar-refractivity contribution is 0.178. The molecule has 0 spiro atoms. The number of ether oxygens (including phenoxy) is 2. The molecule has 0 aromatic carbocycles. The third-order valence-electron chi connectivity index (χ3n) is 2.22. The molecule has 0 radical (unpaired) electrons. The van der Waals surface area contributed by atoms with Crippen LogP contribution in [0, 0.1) is 0 Å². The zero-order chi connectivity index (χ0) is 12.7. The summed E-state index contributed by atoms with van der Waals surface area (Å²) < 4.78 is 11.5. The molecule has 0 aliphatic carbocycles. The van der Waals surface area contributed by atoms with Gasteiger partial charge in [0.15, 0.2) is 0 Å². The van der Waals surface area contributed by atoms with Crippen molar-refractivity contribution in [3.05, 3.63) is 33.9 Å². The topological polar surface area (TPSA) is 53.4 Å². The van der Waals surface area contributed by atoms with E-state index in [1.807, 2.05) is 6.92 Å². The van der Waals surface area contributed by atoms with Crippen LogP contribution in [0.1, 0.15) is 24.7 Å². The highest BCUT2D eigenvalue weighted by atomic mass is 16.5. The number of hydrogen-bond donors (Lipinski definition) is 0. The molecule has 0 N–H and O–H groups in total. The van der Waals surface area contributed by atoms with Gasteiger partial charge in [0.25, 0.3) is 0 Å². The second-order valence-corrected chi connectivity index (χ2v) is 3.60. The van der Waals surface area contributed by atoms with E-state index in [4.69, 9.17) is 9.47 Å². The summed E-state index contributed by atoms with van der Waals surface area (Å²) in [6.07, 6.45) is 4.73. The van der Waals surface area contributed by atoms with Crippen molar-refractivity contribution >= 4 is 6.20 Å². The van der Waals surface area contributed by atoms with E-state index in [9.17, 15) is 4.79 Å². The normalized spacial score (nSPS) is 11.0. The summed E-state index contributed by atoms with van der Waals surface area (Å²) in [5, 5.41) is 4.28. The van der Waals surface area contributed by atoms with Crippen molar-refractivity contribution < 1.29 is 9.47 Å². The minimum absolute atomic E-state index is 0.0408. The molecule has 5 heteroatoms. The molecule has 0 saturated carbocycles. The fraction of sp³-hybridized carbons (Fsp3) is 0.500. The van der Waals surface area contributed by atoms with Gasteiger partial charge in [0.2, 0.25) is 5.43 Å². The predicted octanol–water partition coefficient (Wildman–Crippen LogP) is 1.42. The highest BCUT2D eigenvalue weighted by Gasteiger charge is 2.06. The van der Waals surface area contributed by atoms with Crippen molar-refractivity contribution in [3.8, 4) is 0 Å². The largest absolute Gasteiger partial charge is 0.503 e. The Bertz CT molecular complexity index is 438. The molecule has 1 rings (SSSR count). The molecule has 0 fully saturated rings. The van der Waals surface area contributed by atoms with Gasteiger partial charge in [-0.05, 0) is 6.42 Å². The van der Waals surface area contributed by atoms with Gasteiger partial charge in [0.05, 0.1) is 25.6 Å². The minimum atomic E-state index is -0.0408. The molecule has 1 aromatic heterocycles. The highest BCUT2D eigenvalue weighted by molar-refractivity contribution is 5.23. The Labute approximate surface area is 101 Å². The summed E-state index contributed by atoms with van der Waals surface area (Å²) in [5.41, 5.74) is 1.22. The van der Waals surface area contributed by atoms with Gasteiger partial charge < -0.3 is 9.47 Å². The van der Waals surface area contributed by atoms with E-state index in [0.717, 1.165) is 6.42 Å². The molecule has 0 unspecified atom stereocenters. The molecule has 0 atom stereocenters. The van der Waals surface area contributed by atoms with E-state index >= 15 is 0 Å². The fourth-order valence-corrected chi connectivity index (χ4v) is 1.46. The lowest BCUT2D eigenvalue weighted by atomic mass is 10.2. The Morgan fingerprint density at radius 1 is 1.47 bits per heavy atom. The molecule has 0 saturated heterocycles. The smallest absolute Gasteiger partial charge is 0.203 e. The third-order valence-corrected chi connectivity index (χ3v) is 2.22. The van der Waals surface area contributed by atoms with Gasteiger partial charge in [0.1, 0.15) is 12.0 Å². The Morgan fingerprint density at radius 3 is 2.82 bits per heavy atom. The lowest BCUT2D eigenvalue weighted by Gasteiger charge is -2.09. The van der Waals surface area contributed by atoms with Crippen molar-refractivity contribution in [1.29, 1.82) is 0 Å². The van der Waals surface area contributed by atoms with Crippen LogP contribution in [-0.2, 0) is 22.5 Å². The zero-order valence-corrected chi connectivity index (χ0v) is 10.5. The molecular formula is C12H18N2O3. The number of hydrogen-bond acceptors (Lipinski definition) is 4. The van der Waals surface area contributed by atoms with Gasteiger partial charge >= 0.3 is 0 Å². The molecule has 5 nitrogen and oxygen atoms in total. The average Bonchev–Trinajstić information content (AvgIpc) is 2.31. The lowest BCUT2D eigenvalue weighted by Crippen LogP contribution is -2.19. The standard InChI is InChI=1S/C12H18N2O3/c1-4-5-11-12(15)8-10(9-17-3)14(13-11)6-7-16-2/h6-8H,4-5,9H2,1-3H3/b7-6-. The van der Waals surface area contributed by atoms with Crippen LogP contribution in [0.4, 0.5) is 0 Å². The summed E-state index contributed by atoms with van der Waals surface area (Å²) in [6, 6.07) is 1.56. The van der Waals surface area contributed by atoms with Gasteiger partial charge in [-0.15, -0.1) is 0 Å². The van der Waals surface area contributed by atoms with Crippen LogP contribution in [0.2, 0.25) is 0 Å². The first-order valence-corrected chi connectivity index (χ1v) is 5.53. The van der Waals surface area contributed by atoms with Gasteiger partial charge in [-0.25, -0.2) is 4.68 Å². The van der Waals surface area contributed by atoms with Gasteiger partial charge in [-0.2, -0.15) is 5.10 Å². The number of methoxy groups -OCH3 is 2. The summed E-state index contributed by atoms with van der Waals surface area (Å²) >= 11 is 0. The van der Waals surface area contributed by atoms with E-state index in [1.165, 1.54) is 6.26 Å². The van der Waals surface area contributed by atoms with Gasteiger partial charge in [-0.1, -0.05) is 13.3 Å². The summed E-state index contributed by atoms with van der Waals surface area (Å²) in [4.78, 5) is 11.7. The van der Waals surface area contributed by atoms with Crippen LogP contribution in [0.5, 0.6) is 0 Å². The van der Waals surface area contributed by atoms with Crippen molar-refractivity contribution in [1.82, 2.24) is 9.78 Å². The van der Waals surface area contributed by atoms with Crippen LogP contribution in [0.3, 0.4) is 0 Å². The van der Waals surface area contributed by atoms with Crippen molar-refractivity contribution in [2.75, 3.05) is 14.2 Å². The van der Waals surface area contributed by atoms with Gasteiger partial charge in [0, 0.05) is 13.2 Å². The number of aromatic nitrogens is 2. The van der Waals surface area contributed by atoms with Gasteiger partial charge in [-0.3, -0.25) is 4.79 Å². The summed E-state index contributed by atoms with van der Waals surface area (Å²) in [6.45, 7) is 2.35. The highest BCUT2D eigenvalue weighted by Crippen LogP contribution is 2.01. The van der Waals surface area contributed by atoms with Crippen molar-refractivity contribution in [3.63, 3.8) is 0 Å². The van der Waals surface area contributed by atoms with E-state index in [2.05, 4.69) is 5.10 Å². The van der Waals surface area contributed by atoms with Crippen LogP contribution < -0.4 is 5.43 Å². The SMILES string of the molecule is CCCc1nn(/C=C\OC)c(COC)cc1=O. The predicted molar refractivity (Wildman–Crippen MR) is 65.5 cm³/mol. The molecule has 0 bridgehead atoms. The molecule has 1 heterocycles. The number of rotatable bonds is 6. The number of nitrogens with zero attached hydrogens (tertiary/aromatic N) is 2. The Balaban J connectivity index is 3.16. The molecule has 94 valence electrons. The maximum absolute atomic E-state index is 11.7. The summed E-state index contributed by atoms with van der Waals surface area (Å²) in [5.74, 6) is 0. The average molecular weight is 238 g/mol. The van der Waals surface area contributed by atoms with Crippen LogP contribution in [0.15, 0.2) is 17.1 Å².